The molecular formula is C13H10F2N4O. The Balaban J connectivity index is 2.24. The highest BCUT2D eigenvalue weighted by Gasteiger charge is 2.07. The average molecular weight is 276 g/mol. The molecule has 0 aliphatic carbocycles. The summed E-state index contributed by atoms with van der Waals surface area (Å²) in [7, 11) is 0. The van der Waals surface area contributed by atoms with Crippen LogP contribution < -0.4 is 4.74 Å². The Morgan fingerprint density at radius 3 is 2.75 bits per heavy atom. The third-order valence-corrected chi connectivity index (χ3v) is 2.14. The molecule has 0 bridgehead atoms. The van der Waals surface area contributed by atoms with E-state index in [9.17, 15) is 8.78 Å². The minimum absolute atomic E-state index is 0.0147. The van der Waals surface area contributed by atoms with E-state index in [4.69, 9.17) is 4.74 Å². The SMILES string of the molecule is C=CCOc1ncc(F)c(N=Nc2ccccc2F)n1. The van der Waals surface area contributed by atoms with E-state index in [1.54, 1.807) is 6.07 Å². The minimum atomic E-state index is -0.781. The summed E-state index contributed by atoms with van der Waals surface area (Å²) in [5, 5.41) is 7.16. The molecule has 1 heterocycles. The van der Waals surface area contributed by atoms with Gasteiger partial charge in [0.25, 0.3) is 0 Å². The molecule has 1 aromatic heterocycles. The van der Waals surface area contributed by atoms with E-state index >= 15 is 0 Å². The Bertz CT molecular complexity index is 646. The van der Waals surface area contributed by atoms with E-state index in [-0.39, 0.29) is 24.1 Å². The van der Waals surface area contributed by atoms with Gasteiger partial charge in [0.1, 0.15) is 12.3 Å². The Hall–Kier alpha value is -2.70. The number of ether oxygens (including phenoxy) is 1. The number of benzene rings is 1. The highest BCUT2D eigenvalue weighted by molar-refractivity contribution is 5.38. The first-order valence-electron chi connectivity index (χ1n) is 5.63. The van der Waals surface area contributed by atoms with Crippen LogP contribution in [-0.2, 0) is 0 Å². The van der Waals surface area contributed by atoms with Crippen LogP contribution >= 0.6 is 0 Å². The molecular weight excluding hydrogens is 266 g/mol. The summed E-state index contributed by atoms with van der Waals surface area (Å²) in [6.45, 7) is 3.64. The van der Waals surface area contributed by atoms with E-state index < -0.39 is 11.6 Å². The lowest BCUT2D eigenvalue weighted by molar-refractivity contribution is 0.331. The maximum atomic E-state index is 13.4. The van der Waals surface area contributed by atoms with Gasteiger partial charge in [-0.3, -0.25) is 0 Å². The molecule has 0 amide bonds. The normalized spacial score (nSPS) is 10.7. The quantitative estimate of drug-likeness (QED) is 0.617. The molecule has 0 atom stereocenters. The second-order valence-corrected chi connectivity index (χ2v) is 3.58. The third-order valence-electron chi connectivity index (χ3n) is 2.14. The van der Waals surface area contributed by atoms with Crippen molar-refractivity contribution in [3.8, 4) is 6.01 Å². The van der Waals surface area contributed by atoms with Crippen molar-refractivity contribution in [2.24, 2.45) is 10.2 Å². The number of nitrogens with zero attached hydrogens (tertiary/aromatic N) is 4. The molecule has 2 aromatic rings. The minimum Gasteiger partial charge on any atom is -0.459 e. The van der Waals surface area contributed by atoms with Crippen molar-refractivity contribution in [3.05, 3.63) is 54.8 Å². The molecule has 0 N–H and O–H groups in total. The molecule has 0 saturated carbocycles. The summed E-state index contributed by atoms with van der Waals surface area (Å²) in [5.74, 6) is -1.67. The Morgan fingerprint density at radius 1 is 1.20 bits per heavy atom. The molecule has 0 aliphatic rings. The Kier molecular flexibility index (Phi) is 4.43. The van der Waals surface area contributed by atoms with Gasteiger partial charge >= 0.3 is 6.01 Å². The fraction of sp³-hybridized carbons (Fsp3) is 0.0769. The molecule has 0 fully saturated rings. The molecule has 0 radical (unpaired) electrons. The summed E-state index contributed by atoms with van der Waals surface area (Å²) < 4.78 is 31.8. The van der Waals surface area contributed by atoms with Crippen molar-refractivity contribution in [1.29, 1.82) is 0 Å². The van der Waals surface area contributed by atoms with E-state index in [0.29, 0.717) is 0 Å². The lowest BCUT2D eigenvalue weighted by atomic mass is 10.3. The number of azo groups is 1. The van der Waals surface area contributed by atoms with Crippen molar-refractivity contribution in [2.75, 3.05) is 6.61 Å². The third kappa shape index (κ3) is 3.41. The Labute approximate surface area is 113 Å². The maximum absolute atomic E-state index is 13.4. The van der Waals surface area contributed by atoms with Gasteiger partial charge in [0, 0.05) is 0 Å². The van der Waals surface area contributed by atoms with Crippen LogP contribution in [0.15, 0.2) is 53.3 Å². The number of halogens is 2. The number of hydrogen-bond acceptors (Lipinski definition) is 5. The highest BCUT2D eigenvalue weighted by Crippen LogP contribution is 2.22. The summed E-state index contributed by atoms with van der Waals surface area (Å²) >= 11 is 0. The smallest absolute Gasteiger partial charge is 0.318 e. The molecule has 102 valence electrons. The first-order valence-corrected chi connectivity index (χ1v) is 5.63. The standard InChI is InChI=1S/C13H10F2N4O/c1-2-7-20-13-16-8-10(15)12(17-13)19-18-11-6-4-3-5-9(11)14/h2-6,8H,1,7H2. The zero-order valence-electron chi connectivity index (χ0n) is 10.3. The van der Waals surface area contributed by atoms with E-state index in [1.807, 2.05) is 0 Å². The van der Waals surface area contributed by atoms with Crippen LogP contribution in [-0.4, -0.2) is 16.6 Å². The molecule has 2 rings (SSSR count). The summed E-state index contributed by atoms with van der Waals surface area (Å²) in [4.78, 5) is 7.33. The van der Waals surface area contributed by atoms with Gasteiger partial charge in [-0.25, -0.2) is 13.8 Å². The van der Waals surface area contributed by atoms with Crippen LogP contribution in [0.5, 0.6) is 6.01 Å². The lowest BCUT2D eigenvalue weighted by Crippen LogP contribution is -1.98. The van der Waals surface area contributed by atoms with Crippen LogP contribution in [0, 0.1) is 11.6 Å². The lowest BCUT2D eigenvalue weighted by Gasteiger charge is -2.01. The predicted molar refractivity (Wildman–Crippen MR) is 68.3 cm³/mol. The van der Waals surface area contributed by atoms with Crippen molar-refractivity contribution < 1.29 is 13.5 Å². The predicted octanol–water partition coefficient (Wildman–Crippen LogP) is 3.74. The first kappa shape index (κ1) is 13.7. The topological polar surface area (TPSA) is 59.7 Å². The molecule has 0 saturated heterocycles. The molecule has 20 heavy (non-hydrogen) atoms. The van der Waals surface area contributed by atoms with Crippen LogP contribution in [0.25, 0.3) is 0 Å². The second-order valence-electron chi connectivity index (χ2n) is 3.58. The van der Waals surface area contributed by atoms with Gasteiger partial charge in [0.2, 0.25) is 5.82 Å². The fourth-order valence-corrected chi connectivity index (χ4v) is 1.25. The van der Waals surface area contributed by atoms with Gasteiger partial charge in [-0.2, -0.15) is 4.98 Å². The average Bonchev–Trinajstić information content (AvgIpc) is 2.46. The van der Waals surface area contributed by atoms with Crippen molar-refractivity contribution >= 4 is 11.5 Å². The van der Waals surface area contributed by atoms with Crippen molar-refractivity contribution in [3.63, 3.8) is 0 Å². The van der Waals surface area contributed by atoms with Crippen LogP contribution in [0.4, 0.5) is 20.3 Å². The first-order chi connectivity index (χ1) is 9.70. The van der Waals surface area contributed by atoms with Gasteiger partial charge in [-0.1, -0.05) is 24.8 Å². The molecule has 5 nitrogen and oxygen atoms in total. The maximum Gasteiger partial charge on any atom is 0.318 e. The molecule has 0 spiro atoms. The molecule has 0 unspecified atom stereocenters. The van der Waals surface area contributed by atoms with Gasteiger partial charge in [-0.05, 0) is 12.1 Å². The van der Waals surface area contributed by atoms with Crippen LogP contribution in [0.1, 0.15) is 0 Å². The number of hydrogen-bond donors (Lipinski definition) is 0. The number of rotatable bonds is 5. The number of aromatic nitrogens is 2. The highest BCUT2D eigenvalue weighted by atomic mass is 19.1. The van der Waals surface area contributed by atoms with Gasteiger partial charge in [0.15, 0.2) is 11.6 Å². The largest absolute Gasteiger partial charge is 0.459 e. The van der Waals surface area contributed by atoms with E-state index in [2.05, 4.69) is 26.8 Å². The van der Waals surface area contributed by atoms with Crippen LogP contribution in [0.3, 0.4) is 0 Å². The second kappa shape index (κ2) is 6.46. The summed E-state index contributed by atoms with van der Waals surface area (Å²) in [6.07, 6.45) is 2.40. The van der Waals surface area contributed by atoms with Crippen molar-refractivity contribution in [1.82, 2.24) is 9.97 Å². The molecule has 1 aromatic carbocycles. The van der Waals surface area contributed by atoms with Gasteiger partial charge in [0.05, 0.1) is 6.20 Å². The van der Waals surface area contributed by atoms with Crippen LogP contribution in [0.2, 0.25) is 0 Å². The zero-order valence-corrected chi connectivity index (χ0v) is 10.3. The summed E-state index contributed by atoms with van der Waals surface area (Å²) in [6, 6.07) is 5.68. The molecule has 7 heteroatoms. The van der Waals surface area contributed by atoms with E-state index in [0.717, 1.165) is 6.20 Å². The summed E-state index contributed by atoms with van der Waals surface area (Å²) in [5.41, 5.74) is -0.0147. The van der Waals surface area contributed by atoms with E-state index in [1.165, 1.54) is 24.3 Å². The van der Waals surface area contributed by atoms with Gasteiger partial charge < -0.3 is 4.74 Å². The Morgan fingerprint density at radius 2 is 2.00 bits per heavy atom. The monoisotopic (exact) mass is 276 g/mol. The fourth-order valence-electron chi connectivity index (χ4n) is 1.25. The van der Waals surface area contributed by atoms with Crippen molar-refractivity contribution in [2.45, 2.75) is 0 Å². The zero-order chi connectivity index (χ0) is 14.4. The molecule has 0 aliphatic heterocycles. The van der Waals surface area contributed by atoms with Gasteiger partial charge in [-0.15, -0.1) is 10.2 Å².